The Bertz CT molecular complexity index is 738. The van der Waals surface area contributed by atoms with Gasteiger partial charge < -0.3 is 5.32 Å². The number of aromatic nitrogens is 4. The van der Waals surface area contributed by atoms with Gasteiger partial charge in [0.15, 0.2) is 0 Å². The van der Waals surface area contributed by atoms with E-state index in [0.717, 1.165) is 16.8 Å². The molecule has 0 radical (unpaired) electrons. The number of fused-ring (bicyclic) bond motifs is 1. The van der Waals surface area contributed by atoms with Gasteiger partial charge in [-0.1, -0.05) is 6.07 Å². The molecule has 0 aliphatic heterocycles. The Morgan fingerprint density at radius 1 is 1.06 bits per heavy atom. The summed E-state index contributed by atoms with van der Waals surface area (Å²) in [4.78, 5) is 11.6. The Balaban J connectivity index is 2.04. The van der Waals surface area contributed by atoms with Crippen molar-refractivity contribution in [3.05, 3.63) is 53.2 Å². The summed E-state index contributed by atoms with van der Waals surface area (Å²) in [6.45, 7) is 0. The first kappa shape index (κ1) is 10.4. The van der Waals surface area contributed by atoms with Crippen molar-refractivity contribution in [2.24, 2.45) is 0 Å². The lowest BCUT2D eigenvalue weighted by Gasteiger charge is -2.05. The van der Waals surface area contributed by atoms with Crippen LogP contribution in [0.25, 0.3) is 10.8 Å². The van der Waals surface area contributed by atoms with Crippen molar-refractivity contribution in [1.82, 2.24) is 20.4 Å². The molecule has 1 aromatic carbocycles. The second-order valence-corrected chi connectivity index (χ2v) is 3.76. The third kappa shape index (κ3) is 1.91. The van der Waals surface area contributed by atoms with E-state index < -0.39 is 0 Å². The van der Waals surface area contributed by atoms with Crippen LogP contribution in [0.1, 0.15) is 0 Å². The van der Waals surface area contributed by atoms with Gasteiger partial charge in [0.1, 0.15) is 0 Å². The summed E-state index contributed by atoms with van der Waals surface area (Å²) in [6, 6.07) is 7.29. The van der Waals surface area contributed by atoms with Gasteiger partial charge in [-0.15, -0.1) is 0 Å². The van der Waals surface area contributed by atoms with Crippen molar-refractivity contribution in [3.63, 3.8) is 0 Å². The summed E-state index contributed by atoms with van der Waals surface area (Å²) in [6.07, 6.45) is 4.83. The van der Waals surface area contributed by atoms with Gasteiger partial charge in [-0.25, -0.2) is 5.10 Å². The van der Waals surface area contributed by atoms with E-state index in [9.17, 15) is 4.79 Å². The summed E-state index contributed by atoms with van der Waals surface area (Å²) in [5, 5.41) is 18.2. The lowest BCUT2D eigenvalue weighted by atomic mass is 10.2. The Hall–Kier alpha value is -2.76. The maximum Gasteiger partial charge on any atom is 0.272 e. The molecule has 2 N–H and O–H groups in total. The van der Waals surface area contributed by atoms with Crippen molar-refractivity contribution >= 4 is 22.1 Å². The first-order valence-electron chi connectivity index (χ1n) is 5.34. The number of hydrogen-bond donors (Lipinski definition) is 2. The van der Waals surface area contributed by atoms with Crippen LogP contribution >= 0.6 is 0 Å². The van der Waals surface area contributed by atoms with Crippen LogP contribution in [0.15, 0.2) is 47.7 Å². The molecule has 6 heteroatoms. The minimum atomic E-state index is -0.205. The number of aromatic amines is 1. The van der Waals surface area contributed by atoms with E-state index >= 15 is 0 Å². The number of H-pyrrole nitrogens is 1. The average molecular weight is 239 g/mol. The van der Waals surface area contributed by atoms with Gasteiger partial charge in [0.05, 0.1) is 29.7 Å². The number of hydrogen-bond acceptors (Lipinski definition) is 5. The van der Waals surface area contributed by atoms with Crippen LogP contribution < -0.4 is 10.9 Å². The molecule has 0 spiro atoms. The first-order valence-corrected chi connectivity index (χ1v) is 5.34. The third-order valence-corrected chi connectivity index (χ3v) is 2.54. The lowest BCUT2D eigenvalue weighted by Crippen LogP contribution is -2.07. The van der Waals surface area contributed by atoms with Crippen LogP contribution in [0, 0.1) is 0 Å². The quantitative estimate of drug-likeness (QED) is 0.707. The van der Waals surface area contributed by atoms with E-state index in [-0.39, 0.29) is 5.56 Å². The summed E-state index contributed by atoms with van der Waals surface area (Å²) in [5.41, 5.74) is 1.42. The smallest absolute Gasteiger partial charge is 0.272 e. The number of rotatable bonds is 2. The van der Waals surface area contributed by atoms with Crippen molar-refractivity contribution in [2.45, 2.75) is 0 Å². The Morgan fingerprint density at radius 2 is 2.00 bits per heavy atom. The van der Waals surface area contributed by atoms with Gasteiger partial charge in [-0.05, 0) is 18.2 Å². The van der Waals surface area contributed by atoms with Crippen LogP contribution in [0.5, 0.6) is 0 Å². The number of anilines is 2. The molecule has 0 bridgehead atoms. The van der Waals surface area contributed by atoms with Crippen molar-refractivity contribution in [2.75, 3.05) is 5.32 Å². The highest BCUT2D eigenvalue weighted by Gasteiger charge is 2.01. The molecular formula is C12H9N5O. The summed E-state index contributed by atoms with van der Waals surface area (Å²) >= 11 is 0. The van der Waals surface area contributed by atoms with Crippen LogP contribution in [0.2, 0.25) is 0 Å². The van der Waals surface area contributed by atoms with E-state index in [2.05, 4.69) is 25.7 Å². The minimum absolute atomic E-state index is 0.205. The van der Waals surface area contributed by atoms with Crippen LogP contribution in [0.4, 0.5) is 11.4 Å². The molecule has 6 nitrogen and oxygen atoms in total. The maximum absolute atomic E-state index is 11.6. The SMILES string of the molecule is O=c1[nH]ncc2ccc(Nc3ccnnc3)cc12. The zero-order valence-corrected chi connectivity index (χ0v) is 9.29. The molecule has 0 fully saturated rings. The second-order valence-electron chi connectivity index (χ2n) is 3.76. The number of nitrogens with one attached hydrogen (secondary N) is 2. The van der Waals surface area contributed by atoms with Crippen LogP contribution in [-0.2, 0) is 0 Å². The molecule has 18 heavy (non-hydrogen) atoms. The molecule has 0 saturated carbocycles. The molecule has 0 saturated heterocycles. The van der Waals surface area contributed by atoms with Gasteiger partial charge in [0, 0.05) is 11.1 Å². The standard InChI is InChI=1S/C12H9N5O/c18-12-11-5-9(2-1-8(11)6-15-17-12)16-10-3-4-13-14-7-10/h1-7H,(H,13,16)(H,17,18). The number of nitrogens with zero attached hydrogens (tertiary/aromatic N) is 3. The van der Waals surface area contributed by atoms with E-state index in [1.165, 1.54) is 0 Å². The fourth-order valence-corrected chi connectivity index (χ4v) is 1.70. The van der Waals surface area contributed by atoms with E-state index in [4.69, 9.17) is 0 Å². The summed E-state index contributed by atoms with van der Waals surface area (Å²) < 4.78 is 0. The van der Waals surface area contributed by atoms with Gasteiger partial charge in [0.25, 0.3) is 5.56 Å². The predicted molar refractivity (Wildman–Crippen MR) is 67.7 cm³/mol. The molecule has 3 aromatic rings. The molecule has 2 aromatic heterocycles. The van der Waals surface area contributed by atoms with Crippen LogP contribution in [-0.4, -0.2) is 20.4 Å². The molecule has 0 amide bonds. The van der Waals surface area contributed by atoms with E-state index in [1.807, 2.05) is 12.1 Å². The normalized spacial score (nSPS) is 10.4. The Labute approximate surface area is 102 Å². The van der Waals surface area contributed by atoms with Crippen LogP contribution in [0.3, 0.4) is 0 Å². The maximum atomic E-state index is 11.6. The largest absolute Gasteiger partial charge is 0.354 e. The molecule has 0 aliphatic carbocycles. The summed E-state index contributed by atoms with van der Waals surface area (Å²) in [7, 11) is 0. The fourth-order valence-electron chi connectivity index (χ4n) is 1.70. The second kappa shape index (κ2) is 4.25. The van der Waals surface area contributed by atoms with Crippen molar-refractivity contribution < 1.29 is 0 Å². The monoisotopic (exact) mass is 239 g/mol. The average Bonchev–Trinajstić information content (AvgIpc) is 2.41. The van der Waals surface area contributed by atoms with Gasteiger partial charge in [-0.3, -0.25) is 4.79 Å². The molecule has 3 rings (SSSR count). The molecule has 88 valence electrons. The van der Waals surface area contributed by atoms with Crippen molar-refractivity contribution in [3.8, 4) is 0 Å². The summed E-state index contributed by atoms with van der Waals surface area (Å²) in [5.74, 6) is 0. The zero-order valence-electron chi connectivity index (χ0n) is 9.29. The fraction of sp³-hybridized carbons (Fsp3) is 0. The van der Waals surface area contributed by atoms with E-state index in [0.29, 0.717) is 5.39 Å². The highest BCUT2D eigenvalue weighted by molar-refractivity contribution is 5.84. The number of benzene rings is 1. The molecule has 2 heterocycles. The molecule has 0 aliphatic rings. The molecule has 0 atom stereocenters. The minimum Gasteiger partial charge on any atom is -0.354 e. The van der Waals surface area contributed by atoms with Gasteiger partial charge in [-0.2, -0.15) is 15.3 Å². The van der Waals surface area contributed by atoms with Gasteiger partial charge in [0.2, 0.25) is 0 Å². The highest BCUT2D eigenvalue weighted by atomic mass is 16.1. The lowest BCUT2D eigenvalue weighted by molar-refractivity contribution is 1.01. The van der Waals surface area contributed by atoms with Crippen molar-refractivity contribution in [1.29, 1.82) is 0 Å². The predicted octanol–water partition coefficient (Wildman–Crippen LogP) is 1.46. The first-order chi connectivity index (χ1) is 8.83. The zero-order chi connectivity index (χ0) is 12.4. The highest BCUT2D eigenvalue weighted by Crippen LogP contribution is 2.18. The van der Waals surface area contributed by atoms with Gasteiger partial charge >= 0.3 is 0 Å². The Morgan fingerprint density at radius 3 is 2.83 bits per heavy atom. The Kier molecular flexibility index (Phi) is 2.45. The van der Waals surface area contributed by atoms with E-state index in [1.54, 1.807) is 30.7 Å². The molecular weight excluding hydrogens is 230 g/mol. The topological polar surface area (TPSA) is 83.6 Å². The third-order valence-electron chi connectivity index (χ3n) is 2.54. The molecule has 0 unspecified atom stereocenters.